The zero-order chi connectivity index (χ0) is 17.5. The molecule has 1 atom stereocenters. The third-order valence-corrected chi connectivity index (χ3v) is 5.12. The van der Waals surface area contributed by atoms with Crippen molar-refractivity contribution in [2.24, 2.45) is 0 Å². The SMILES string of the molecule is Cc1cc(COC(=O)c2ccc3c(c2)C[C@@H](C)N3S(C)(=O)=O)no1. The molecular formula is C16H18N2O5S. The van der Waals surface area contributed by atoms with Crippen molar-refractivity contribution in [2.45, 2.75) is 32.9 Å². The van der Waals surface area contributed by atoms with Gasteiger partial charge in [0.25, 0.3) is 0 Å². The predicted molar refractivity (Wildman–Crippen MR) is 87.3 cm³/mol. The number of hydrogen-bond donors (Lipinski definition) is 0. The highest BCUT2D eigenvalue weighted by Crippen LogP contribution is 2.34. The molecule has 2 heterocycles. The van der Waals surface area contributed by atoms with Crippen molar-refractivity contribution in [3.8, 4) is 0 Å². The van der Waals surface area contributed by atoms with Gasteiger partial charge in [0, 0.05) is 12.1 Å². The van der Waals surface area contributed by atoms with Gasteiger partial charge in [0.15, 0.2) is 0 Å². The number of sulfonamides is 1. The predicted octanol–water partition coefficient (Wildman–Crippen LogP) is 2.05. The molecule has 1 aliphatic heterocycles. The molecule has 0 aliphatic carbocycles. The van der Waals surface area contributed by atoms with E-state index in [1.807, 2.05) is 6.92 Å². The smallest absolute Gasteiger partial charge is 0.338 e. The number of aromatic nitrogens is 1. The van der Waals surface area contributed by atoms with Crippen molar-refractivity contribution >= 4 is 21.7 Å². The van der Waals surface area contributed by atoms with Crippen molar-refractivity contribution in [1.29, 1.82) is 0 Å². The van der Waals surface area contributed by atoms with Crippen LogP contribution in [0.4, 0.5) is 5.69 Å². The number of anilines is 1. The topological polar surface area (TPSA) is 89.7 Å². The van der Waals surface area contributed by atoms with E-state index in [0.29, 0.717) is 29.1 Å². The first-order valence-electron chi connectivity index (χ1n) is 7.47. The fourth-order valence-electron chi connectivity index (χ4n) is 2.94. The number of rotatable bonds is 4. The van der Waals surface area contributed by atoms with Crippen LogP contribution >= 0.6 is 0 Å². The van der Waals surface area contributed by atoms with E-state index in [-0.39, 0.29) is 12.6 Å². The summed E-state index contributed by atoms with van der Waals surface area (Å²) in [6, 6.07) is 6.44. The fraction of sp³-hybridized carbons (Fsp3) is 0.375. The van der Waals surface area contributed by atoms with Crippen molar-refractivity contribution in [2.75, 3.05) is 10.6 Å². The van der Waals surface area contributed by atoms with Crippen LogP contribution in [0.5, 0.6) is 0 Å². The lowest BCUT2D eigenvalue weighted by Gasteiger charge is -2.21. The highest BCUT2D eigenvalue weighted by molar-refractivity contribution is 7.92. The zero-order valence-corrected chi connectivity index (χ0v) is 14.5. The van der Waals surface area contributed by atoms with Gasteiger partial charge >= 0.3 is 5.97 Å². The number of carbonyl (C=O) groups is 1. The van der Waals surface area contributed by atoms with Gasteiger partial charge in [-0.05, 0) is 44.0 Å². The molecule has 0 radical (unpaired) electrons. The van der Waals surface area contributed by atoms with E-state index in [4.69, 9.17) is 9.26 Å². The van der Waals surface area contributed by atoms with E-state index in [0.717, 1.165) is 5.56 Å². The van der Waals surface area contributed by atoms with Crippen molar-refractivity contribution in [3.63, 3.8) is 0 Å². The summed E-state index contributed by atoms with van der Waals surface area (Å²) < 4.78 is 35.3. The molecule has 0 amide bonds. The summed E-state index contributed by atoms with van der Waals surface area (Å²) in [7, 11) is -3.34. The van der Waals surface area contributed by atoms with Crippen molar-refractivity contribution in [1.82, 2.24) is 5.16 Å². The normalized spacial score (nSPS) is 17.0. The van der Waals surface area contributed by atoms with Crippen LogP contribution < -0.4 is 4.31 Å². The minimum absolute atomic E-state index is 0.0269. The molecule has 1 aromatic carbocycles. The Hall–Kier alpha value is -2.35. The molecule has 0 bridgehead atoms. The van der Waals surface area contributed by atoms with Gasteiger partial charge < -0.3 is 9.26 Å². The second kappa shape index (κ2) is 5.94. The van der Waals surface area contributed by atoms with Crippen LogP contribution in [-0.2, 0) is 27.8 Å². The Morgan fingerprint density at radius 1 is 1.42 bits per heavy atom. The lowest BCUT2D eigenvalue weighted by Crippen LogP contribution is -2.34. The molecule has 3 rings (SSSR count). The number of ether oxygens (including phenoxy) is 1. The Kier molecular flexibility index (Phi) is 4.08. The Labute approximate surface area is 140 Å². The maximum Gasteiger partial charge on any atom is 0.338 e. The zero-order valence-electron chi connectivity index (χ0n) is 13.6. The molecule has 24 heavy (non-hydrogen) atoms. The van der Waals surface area contributed by atoms with Gasteiger partial charge in [-0.15, -0.1) is 0 Å². The van der Waals surface area contributed by atoms with E-state index in [2.05, 4.69) is 5.16 Å². The number of nitrogens with zero attached hydrogens (tertiary/aromatic N) is 2. The molecule has 0 saturated carbocycles. The lowest BCUT2D eigenvalue weighted by atomic mass is 10.1. The van der Waals surface area contributed by atoms with Gasteiger partial charge in [0.2, 0.25) is 10.0 Å². The van der Waals surface area contributed by atoms with E-state index in [9.17, 15) is 13.2 Å². The van der Waals surface area contributed by atoms with Crippen molar-refractivity contribution in [3.05, 3.63) is 46.8 Å². The average molecular weight is 350 g/mol. The molecule has 1 aromatic heterocycles. The standard InChI is InChI=1S/C16H18N2O5S/c1-10-6-13-8-12(4-5-15(13)18(10)24(3,20)21)16(19)22-9-14-7-11(2)23-17-14/h4-5,7-8,10H,6,9H2,1-3H3/t10-/m1/s1. The molecule has 1 aliphatic rings. The first-order chi connectivity index (χ1) is 11.3. The molecule has 7 nitrogen and oxygen atoms in total. The Balaban J connectivity index is 1.77. The van der Waals surface area contributed by atoms with E-state index < -0.39 is 16.0 Å². The monoisotopic (exact) mass is 350 g/mol. The number of fused-ring (bicyclic) bond motifs is 1. The molecule has 0 unspecified atom stereocenters. The first kappa shape index (κ1) is 16.5. The van der Waals surface area contributed by atoms with Gasteiger partial charge in [-0.1, -0.05) is 5.16 Å². The highest BCUT2D eigenvalue weighted by Gasteiger charge is 2.32. The summed E-state index contributed by atoms with van der Waals surface area (Å²) in [6.07, 6.45) is 1.74. The summed E-state index contributed by atoms with van der Waals surface area (Å²) in [6.45, 7) is 3.62. The maximum atomic E-state index is 12.2. The molecule has 0 N–H and O–H groups in total. The maximum absolute atomic E-state index is 12.2. The van der Waals surface area contributed by atoms with Crippen LogP contribution in [0.15, 0.2) is 28.8 Å². The summed E-state index contributed by atoms with van der Waals surface area (Å²) in [5, 5.41) is 3.76. The van der Waals surface area contributed by atoms with Gasteiger partial charge in [-0.25, -0.2) is 13.2 Å². The van der Waals surface area contributed by atoms with Crippen LogP contribution in [0, 0.1) is 6.92 Å². The van der Waals surface area contributed by atoms with E-state index in [1.54, 1.807) is 31.2 Å². The van der Waals surface area contributed by atoms with Crippen LogP contribution in [0.25, 0.3) is 0 Å². The minimum atomic E-state index is -3.34. The van der Waals surface area contributed by atoms with Gasteiger partial charge in [0.1, 0.15) is 18.1 Å². The summed E-state index contributed by atoms with van der Waals surface area (Å²) in [4.78, 5) is 12.2. The molecule has 0 spiro atoms. The minimum Gasteiger partial charge on any atom is -0.455 e. The second-order valence-corrected chi connectivity index (χ2v) is 7.82. The van der Waals surface area contributed by atoms with Crippen LogP contribution in [0.2, 0.25) is 0 Å². The second-order valence-electron chi connectivity index (χ2n) is 5.96. The van der Waals surface area contributed by atoms with Crippen molar-refractivity contribution < 1.29 is 22.5 Å². The molecular weight excluding hydrogens is 332 g/mol. The van der Waals surface area contributed by atoms with E-state index >= 15 is 0 Å². The quantitative estimate of drug-likeness (QED) is 0.784. The fourth-order valence-corrected chi connectivity index (χ4v) is 4.21. The third-order valence-electron chi connectivity index (χ3n) is 3.85. The number of hydrogen-bond acceptors (Lipinski definition) is 6. The van der Waals surface area contributed by atoms with Crippen LogP contribution in [-0.4, -0.2) is 31.8 Å². The molecule has 0 fully saturated rings. The summed E-state index contributed by atoms with van der Waals surface area (Å²) >= 11 is 0. The number of aryl methyl sites for hydroxylation is 1. The molecule has 2 aromatic rings. The number of benzene rings is 1. The largest absolute Gasteiger partial charge is 0.455 e. The first-order valence-corrected chi connectivity index (χ1v) is 9.32. The highest BCUT2D eigenvalue weighted by atomic mass is 32.2. The average Bonchev–Trinajstić information content (AvgIpc) is 3.05. The summed E-state index contributed by atoms with van der Waals surface area (Å²) in [5.41, 5.74) is 2.36. The van der Waals surface area contributed by atoms with Crippen LogP contribution in [0.1, 0.15) is 34.3 Å². The number of carbonyl (C=O) groups excluding carboxylic acids is 1. The van der Waals surface area contributed by atoms with Gasteiger partial charge in [-0.3, -0.25) is 4.31 Å². The Morgan fingerprint density at radius 3 is 2.79 bits per heavy atom. The molecule has 0 saturated heterocycles. The Morgan fingerprint density at radius 2 is 2.17 bits per heavy atom. The molecule has 128 valence electrons. The lowest BCUT2D eigenvalue weighted by molar-refractivity contribution is 0.0464. The van der Waals surface area contributed by atoms with Gasteiger partial charge in [-0.2, -0.15) is 0 Å². The molecule has 8 heteroatoms. The van der Waals surface area contributed by atoms with Crippen LogP contribution in [0.3, 0.4) is 0 Å². The Bertz CT molecular complexity index is 888. The van der Waals surface area contributed by atoms with E-state index in [1.165, 1.54) is 10.6 Å². The summed E-state index contributed by atoms with van der Waals surface area (Å²) in [5.74, 6) is 0.164. The third kappa shape index (κ3) is 3.14. The van der Waals surface area contributed by atoms with Gasteiger partial charge in [0.05, 0.1) is 17.5 Å². The number of esters is 1.